The van der Waals surface area contributed by atoms with Crippen LogP contribution in [0.15, 0.2) is 72.8 Å². The topological polar surface area (TPSA) is 30.9 Å². The lowest BCUT2D eigenvalue weighted by Crippen LogP contribution is -2.27. The highest BCUT2D eigenvalue weighted by molar-refractivity contribution is 5.99. The summed E-state index contributed by atoms with van der Waals surface area (Å²) in [6, 6.07) is 25.1. The number of ether oxygens (including phenoxy) is 3. The van der Waals surface area contributed by atoms with E-state index in [2.05, 4.69) is 81.1 Å². The number of hydrogen-bond donors (Lipinski definition) is 0. The summed E-state index contributed by atoms with van der Waals surface area (Å²) in [7, 11) is 3.39. The van der Waals surface area contributed by atoms with Crippen molar-refractivity contribution >= 4 is 23.6 Å². The third-order valence-electron chi connectivity index (χ3n) is 6.34. The van der Waals surface area contributed by atoms with Gasteiger partial charge in [0.1, 0.15) is 23.9 Å². The van der Waals surface area contributed by atoms with Crippen LogP contribution in [0.1, 0.15) is 44.4 Å². The molecule has 3 aromatic rings. The quantitative estimate of drug-likeness (QED) is 0.237. The average molecular weight is 510 g/mol. The highest BCUT2D eigenvalue weighted by Crippen LogP contribution is 2.38. The number of rotatable bonds is 12. The van der Waals surface area contributed by atoms with E-state index in [0.29, 0.717) is 12.5 Å². The Bertz CT molecular complexity index is 1070. The van der Waals surface area contributed by atoms with Gasteiger partial charge >= 0.3 is 0 Å². The van der Waals surface area contributed by atoms with Crippen LogP contribution >= 0.6 is 12.4 Å². The van der Waals surface area contributed by atoms with Gasteiger partial charge in [-0.2, -0.15) is 0 Å². The second-order valence-corrected chi connectivity index (χ2v) is 8.80. The summed E-state index contributed by atoms with van der Waals surface area (Å²) in [4.78, 5) is 2.36. The van der Waals surface area contributed by atoms with Crippen molar-refractivity contribution in [2.45, 2.75) is 27.7 Å². The van der Waals surface area contributed by atoms with E-state index in [1.165, 1.54) is 16.7 Å². The minimum atomic E-state index is 0. The second-order valence-electron chi connectivity index (χ2n) is 8.80. The van der Waals surface area contributed by atoms with Crippen LogP contribution in [0.25, 0.3) is 11.1 Å². The van der Waals surface area contributed by atoms with Crippen LogP contribution in [0.5, 0.6) is 17.2 Å². The van der Waals surface area contributed by atoms with Gasteiger partial charge in [0.15, 0.2) is 0 Å². The van der Waals surface area contributed by atoms with Crippen LogP contribution in [0, 0.1) is 5.92 Å². The average Bonchev–Trinajstić information content (AvgIpc) is 2.90. The molecule has 0 aliphatic rings. The minimum absolute atomic E-state index is 0. The molecule has 5 heteroatoms. The number of halogens is 1. The molecule has 0 amide bonds. The molecule has 3 aromatic carbocycles. The zero-order chi connectivity index (χ0) is 25.2. The zero-order valence-electron chi connectivity index (χ0n) is 22.4. The maximum absolute atomic E-state index is 6.04. The fraction of sp³-hybridized carbons (Fsp3) is 0.355. The number of benzene rings is 3. The van der Waals surface area contributed by atoms with E-state index in [9.17, 15) is 0 Å². The second kappa shape index (κ2) is 14.6. The Morgan fingerprint density at radius 3 is 1.47 bits per heavy atom. The molecule has 0 fully saturated rings. The van der Waals surface area contributed by atoms with Gasteiger partial charge in [-0.05, 0) is 83.2 Å². The van der Waals surface area contributed by atoms with Gasteiger partial charge in [-0.15, -0.1) is 12.4 Å². The number of methoxy groups -OCH3 is 2. The van der Waals surface area contributed by atoms with Gasteiger partial charge < -0.3 is 19.1 Å². The summed E-state index contributed by atoms with van der Waals surface area (Å²) in [5.41, 5.74) is 5.99. The first-order chi connectivity index (χ1) is 17.0. The highest BCUT2D eigenvalue weighted by Gasteiger charge is 2.17. The summed E-state index contributed by atoms with van der Waals surface area (Å²) in [6.07, 6.45) is 0. The van der Waals surface area contributed by atoms with Crippen molar-refractivity contribution in [2.75, 3.05) is 40.5 Å². The minimum Gasteiger partial charge on any atom is -0.497 e. The third kappa shape index (κ3) is 7.52. The normalized spacial score (nSPS) is 11.7. The van der Waals surface area contributed by atoms with E-state index in [-0.39, 0.29) is 12.4 Å². The molecule has 0 radical (unpaired) electrons. The van der Waals surface area contributed by atoms with Crippen LogP contribution < -0.4 is 14.2 Å². The van der Waals surface area contributed by atoms with Crippen LogP contribution in [0.3, 0.4) is 0 Å². The molecule has 0 aliphatic heterocycles. The monoisotopic (exact) mass is 509 g/mol. The molecule has 0 unspecified atom stereocenters. The predicted molar refractivity (Wildman–Crippen MR) is 154 cm³/mol. The molecule has 4 nitrogen and oxygen atoms in total. The predicted octanol–water partition coefficient (Wildman–Crippen LogP) is 7.46. The van der Waals surface area contributed by atoms with Gasteiger partial charge in [-0.3, -0.25) is 0 Å². The SMILES string of the molecule is CCN(CC)CCOc1ccc(/C(=C(\c2ccc(OC)cc2)C(C)C)c2ccc(OC)cc2)cc1.Cl. The summed E-state index contributed by atoms with van der Waals surface area (Å²) in [6.45, 7) is 12.5. The van der Waals surface area contributed by atoms with E-state index < -0.39 is 0 Å². The van der Waals surface area contributed by atoms with E-state index >= 15 is 0 Å². The van der Waals surface area contributed by atoms with Crippen molar-refractivity contribution in [1.82, 2.24) is 4.90 Å². The van der Waals surface area contributed by atoms with Crippen molar-refractivity contribution in [2.24, 2.45) is 5.92 Å². The van der Waals surface area contributed by atoms with E-state index in [4.69, 9.17) is 14.2 Å². The van der Waals surface area contributed by atoms with Gasteiger partial charge in [0, 0.05) is 6.54 Å². The van der Waals surface area contributed by atoms with E-state index in [1.807, 2.05) is 24.3 Å². The molecular weight excluding hydrogens is 470 g/mol. The Morgan fingerprint density at radius 2 is 1.08 bits per heavy atom. The lowest BCUT2D eigenvalue weighted by Gasteiger charge is -2.21. The summed E-state index contributed by atoms with van der Waals surface area (Å²) < 4.78 is 16.8. The zero-order valence-corrected chi connectivity index (χ0v) is 23.2. The molecule has 0 atom stereocenters. The van der Waals surface area contributed by atoms with Gasteiger partial charge in [0.25, 0.3) is 0 Å². The van der Waals surface area contributed by atoms with E-state index in [0.717, 1.165) is 48.0 Å². The van der Waals surface area contributed by atoms with Crippen LogP contribution in [0.4, 0.5) is 0 Å². The van der Waals surface area contributed by atoms with E-state index in [1.54, 1.807) is 14.2 Å². The fourth-order valence-electron chi connectivity index (χ4n) is 4.32. The molecule has 0 spiro atoms. The molecule has 194 valence electrons. The summed E-state index contributed by atoms with van der Waals surface area (Å²) in [5.74, 6) is 2.91. The van der Waals surface area contributed by atoms with Crippen LogP contribution in [0.2, 0.25) is 0 Å². The number of allylic oxidation sites excluding steroid dienone is 1. The molecule has 0 bridgehead atoms. The Hall–Kier alpha value is -2.95. The largest absolute Gasteiger partial charge is 0.497 e. The Balaban J connectivity index is 0.00000456. The Kier molecular flexibility index (Phi) is 11.9. The fourth-order valence-corrected chi connectivity index (χ4v) is 4.32. The lowest BCUT2D eigenvalue weighted by molar-refractivity contribution is 0.223. The summed E-state index contributed by atoms with van der Waals surface area (Å²) in [5, 5.41) is 0. The highest BCUT2D eigenvalue weighted by atomic mass is 35.5. The molecule has 36 heavy (non-hydrogen) atoms. The van der Waals surface area contributed by atoms with Gasteiger partial charge in [-0.25, -0.2) is 0 Å². The van der Waals surface area contributed by atoms with Gasteiger partial charge in [0.05, 0.1) is 14.2 Å². The molecular formula is C31H40ClNO3. The molecule has 3 rings (SSSR count). The number of nitrogens with zero attached hydrogens (tertiary/aromatic N) is 1. The lowest BCUT2D eigenvalue weighted by atomic mass is 9.84. The van der Waals surface area contributed by atoms with Crippen molar-refractivity contribution in [3.05, 3.63) is 89.5 Å². The van der Waals surface area contributed by atoms with Gasteiger partial charge in [0.2, 0.25) is 0 Å². The molecule has 0 heterocycles. The first-order valence-electron chi connectivity index (χ1n) is 12.5. The maximum Gasteiger partial charge on any atom is 0.119 e. The van der Waals surface area contributed by atoms with Crippen LogP contribution in [-0.4, -0.2) is 45.4 Å². The molecule has 0 aliphatic carbocycles. The molecule has 0 aromatic heterocycles. The van der Waals surface area contributed by atoms with Crippen molar-refractivity contribution < 1.29 is 14.2 Å². The molecule has 0 saturated carbocycles. The smallest absolute Gasteiger partial charge is 0.119 e. The van der Waals surface area contributed by atoms with Crippen molar-refractivity contribution in [1.29, 1.82) is 0 Å². The van der Waals surface area contributed by atoms with Crippen molar-refractivity contribution in [3.63, 3.8) is 0 Å². The third-order valence-corrected chi connectivity index (χ3v) is 6.34. The Morgan fingerprint density at radius 1 is 0.667 bits per heavy atom. The van der Waals surface area contributed by atoms with Crippen molar-refractivity contribution in [3.8, 4) is 17.2 Å². The standard InChI is InChI=1S/C31H39NO3.ClH/c1-7-32(8-2)21-22-35-29-19-13-26(14-20-29)31(25-11-17-28(34-6)18-12-25)30(23(3)4)24-9-15-27(33-5)16-10-24;/h9-20,23H,7-8,21-22H2,1-6H3;1H/b31-30-;. The maximum atomic E-state index is 6.04. The molecule has 0 saturated heterocycles. The number of hydrogen-bond acceptors (Lipinski definition) is 4. The first kappa shape index (κ1) is 29.3. The summed E-state index contributed by atoms with van der Waals surface area (Å²) >= 11 is 0. The first-order valence-corrected chi connectivity index (χ1v) is 12.5. The number of likely N-dealkylation sites (N-methyl/N-ethyl adjacent to an activating group) is 1. The Labute approximate surface area is 223 Å². The molecule has 0 N–H and O–H groups in total. The van der Waals surface area contributed by atoms with Gasteiger partial charge in [-0.1, -0.05) is 64.1 Å². The van der Waals surface area contributed by atoms with Crippen LogP contribution in [-0.2, 0) is 0 Å².